The largest absolute Gasteiger partial charge is 0.256 e. The van der Waals surface area contributed by atoms with Crippen molar-refractivity contribution in [1.29, 1.82) is 5.26 Å². The van der Waals surface area contributed by atoms with Crippen LogP contribution < -0.4 is 0 Å². The molecule has 0 radical (unpaired) electrons. The van der Waals surface area contributed by atoms with Gasteiger partial charge in [-0.3, -0.25) is 4.98 Å². The lowest BCUT2D eigenvalue weighted by Crippen LogP contribution is -1.96. The van der Waals surface area contributed by atoms with Crippen molar-refractivity contribution in [2.24, 2.45) is 5.92 Å². The normalized spacial score (nSPS) is 12.4. The summed E-state index contributed by atoms with van der Waals surface area (Å²) in [6, 6.07) is 16.8. The fraction of sp³-hybridized carbons (Fsp3) is 0.176. The lowest BCUT2D eigenvalue weighted by molar-refractivity contribution is 0.740. The SMILES string of the molecule is CC(C#N)Cc1ccc2c(cnc3ccccc32)c1. The van der Waals surface area contributed by atoms with E-state index in [1.807, 2.05) is 31.3 Å². The Bertz CT molecular complexity index is 784. The van der Waals surface area contributed by atoms with Gasteiger partial charge < -0.3 is 0 Å². The highest BCUT2D eigenvalue weighted by Crippen LogP contribution is 2.24. The first-order chi connectivity index (χ1) is 9.28. The third-order valence-corrected chi connectivity index (χ3v) is 3.42. The summed E-state index contributed by atoms with van der Waals surface area (Å²) < 4.78 is 0. The van der Waals surface area contributed by atoms with Gasteiger partial charge >= 0.3 is 0 Å². The van der Waals surface area contributed by atoms with Gasteiger partial charge in [-0.2, -0.15) is 5.26 Å². The average molecular weight is 246 g/mol. The van der Waals surface area contributed by atoms with Crippen LogP contribution in [0, 0.1) is 17.2 Å². The first-order valence-corrected chi connectivity index (χ1v) is 6.44. The summed E-state index contributed by atoms with van der Waals surface area (Å²) in [5, 5.41) is 12.4. The molecule has 0 aliphatic rings. The number of rotatable bonds is 2. The number of benzene rings is 2. The summed E-state index contributed by atoms with van der Waals surface area (Å²) in [7, 11) is 0. The number of hydrogen-bond acceptors (Lipinski definition) is 2. The zero-order valence-electron chi connectivity index (χ0n) is 10.8. The molecule has 1 heterocycles. The van der Waals surface area contributed by atoms with Gasteiger partial charge in [-0.15, -0.1) is 0 Å². The molecule has 0 aliphatic carbocycles. The molecule has 0 saturated heterocycles. The molecule has 0 spiro atoms. The molecule has 0 aliphatic heterocycles. The number of nitriles is 1. The summed E-state index contributed by atoms with van der Waals surface area (Å²) in [6.07, 6.45) is 2.71. The van der Waals surface area contributed by atoms with Gasteiger partial charge in [-0.1, -0.05) is 30.3 Å². The van der Waals surface area contributed by atoms with Crippen LogP contribution in [0.4, 0.5) is 0 Å². The summed E-state index contributed by atoms with van der Waals surface area (Å²) in [4.78, 5) is 4.48. The van der Waals surface area contributed by atoms with Crippen molar-refractivity contribution in [2.75, 3.05) is 0 Å². The smallest absolute Gasteiger partial charge is 0.0708 e. The van der Waals surface area contributed by atoms with Crippen LogP contribution >= 0.6 is 0 Å². The number of pyridine rings is 1. The van der Waals surface area contributed by atoms with Crippen LogP contribution in [0.5, 0.6) is 0 Å². The summed E-state index contributed by atoms with van der Waals surface area (Å²) in [5.41, 5.74) is 2.21. The summed E-state index contributed by atoms with van der Waals surface area (Å²) in [5.74, 6) is 0.0471. The van der Waals surface area contributed by atoms with E-state index in [4.69, 9.17) is 5.26 Å². The lowest BCUT2D eigenvalue weighted by atomic mass is 9.98. The van der Waals surface area contributed by atoms with Crippen molar-refractivity contribution in [3.8, 4) is 6.07 Å². The Labute approximate surface area is 112 Å². The molecule has 2 nitrogen and oxygen atoms in total. The van der Waals surface area contributed by atoms with E-state index in [-0.39, 0.29) is 5.92 Å². The maximum Gasteiger partial charge on any atom is 0.0708 e. The predicted octanol–water partition coefficient (Wildman–Crippen LogP) is 4.09. The number of fused-ring (bicyclic) bond motifs is 3. The molecule has 1 unspecified atom stereocenters. The molecule has 92 valence electrons. The molecule has 3 aromatic rings. The van der Waals surface area contributed by atoms with E-state index in [0.717, 1.165) is 17.3 Å². The summed E-state index contributed by atoms with van der Waals surface area (Å²) >= 11 is 0. The molecule has 0 N–H and O–H groups in total. The third kappa shape index (κ3) is 2.15. The Morgan fingerprint density at radius 3 is 2.84 bits per heavy atom. The van der Waals surface area contributed by atoms with E-state index in [2.05, 4.69) is 35.3 Å². The van der Waals surface area contributed by atoms with Gasteiger partial charge in [-0.05, 0) is 36.4 Å². The number of hydrogen-bond donors (Lipinski definition) is 0. The minimum Gasteiger partial charge on any atom is -0.256 e. The van der Waals surface area contributed by atoms with Gasteiger partial charge in [0.05, 0.1) is 11.6 Å². The minimum absolute atomic E-state index is 0.0471. The average Bonchev–Trinajstić information content (AvgIpc) is 2.46. The molecule has 0 amide bonds. The monoisotopic (exact) mass is 246 g/mol. The highest BCUT2D eigenvalue weighted by atomic mass is 14.6. The van der Waals surface area contributed by atoms with Crippen LogP contribution in [0.1, 0.15) is 12.5 Å². The van der Waals surface area contributed by atoms with Crippen molar-refractivity contribution in [2.45, 2.75) is 13.3 Å². The second-order valence-corrected chi connectivity index (χ2v) is 4.93. The van der Waals surface area contributed by atoms with E-state index in [9.17, 15) is 0 Å². The molecule has 0 fully saturated rings. The van der Waals surface area contributed by atoms with E-state index in [1.165, 1.54) is 16.3 Å². The van der Waals surface area contributed by atoms with Crippen LogP contribution in [-0.4, -0.2) is 4.98 Å². The highest BCUT2D eigenvalue weighted by Gasteiger charge is 2.05. The van der Waals surface area contributed by atoms with Crippen LogP contribution in [0.2, 0.25) is 0 Å². The Kier molecular flexibility index (Phi) is 2.89. The van der Waals surface area contributed by atoms with E-state index in [1.54, 1.807) is 0 Å². The van der Waals surface area contributed by atoms with E-state index < -0.39 is 0 Å². The van der Waals surface area contributed by atoms with E-state index >= 15 is 0 Å². The highest BCUT2D eigenvalue weighted by molar-refractivity contribution is 6.05. The van der Waals surface area contributed by atoms with Crippen LogP contribution in [-0.2, 0) is 6.42 Å². The fourth-order valence-electron chi connectivity index (χ4n) is 2.44. The molecule has 19 heavy (non-hydrogen) atoms. The van der Waals surface area contributed by atoms with Gasteiger partial charge in [0.1, 0.15) is 0 Å². The molecule has 0 bridgehead atoms. The van der Waals surface area contributed by atoms with Gasteiger partial charge in [0.15, 0.2) is 0 Å². The number of aromatic nitrogens is 1. The standard InChI is InChI=1S/C17H14N2/c1-12(10-18)8-13-6-7-15-14(9-13)11-19-17-5-3-2-4-16(15)17/h2-7,9,11-12H,8H2,1H3. The van der Waals surface area contributed by atoms with Crippen LogP contribution in [0.3, 0.4) is 0 Å². The molecule has 1 atom stereocenters. The van der Waals surface area contributed by atoms with Crippen LogP contribution in [0.25, 0.3) is 21.7 Å². The van der Waals surface area contributed by atoms with Crippen LogP contribution in [0.15, 0.2) is 48.7 Å². The Hall–Kier alpha value is -2.40. The van der Waals surface area contributed by atoms with Crippen molar-refractivity contribution in [3.63, 3.8) is 0 Å². The molecule has 2 aromatic carbocycles. The second-order valence-electron chi connectivity index (χ2n) is 4.93. The minimum atomic E-state index is 0.0471. The van der Waals surface area contributed by atoms with Crippen molar-refractivity contribution in [3.05, 3.63) is 54.2 Å². The second kappa shape index (κ2) is 4.70. The maximum absolute atomic E-state index is 8.89. The van der Waals surface area contributed by atoms with Gasteiger partial charge in [0.25, 0.3) is 0 Å². The molecular formula is C17H14N2. The summed E-state index contributed by atoms with van der Waals surface area (Å²) in [6.45, 7) is 1.95. The first-order valence-electron chi connectivity index (χ1n) is 6.44. The lowest BCUT2D eigenvalue weighted by Gasteiger charge is -2.07. The molecule has 2 heteroatoms. The van der Waals surface area contributed by atoms with E-state index in [0.29, 0.717) is 0 Å². The van der Waals surface area contributed by atoms with Gasteiger partial charge in [0, 0.05) is 22.9 Å². The first kappa shape index (κ1) is 11.7. The number of nitrogens with zero attached hydrogens (tertiary/aromatic N) is 2. The third-order valence-electron chi connectivity index (χ3n) is 3.42. The Morgan fingerprint density at radius 1 is 1.16 bits per heavy atom. The van der Waals surface area contributed by atoms with Crippen molar-refractivity contribution < 1.29 is 0 Å². The molecule has 0 saturated carbocycles. The molecule has 1 aromatic heterocycles. The zero-order chi connectivity index (χ0) is 13.2. The van der Waals surface area contributed by atoms with Gasteiger partial charge in [-0.25, -0.2) is 0 Å². The Balaban J connectivity index is 2.15. The molecular weight excluding hydrogens is 232 g/mol. The Morgan fingerprint density at radius 2 is 2.00 bits per heavy atom. The fourth-order valence-corrected chi connectivity index (χ4v) is 2.44. The quantitative estimate of drug-likeness (QED) is 0.638. The number of para-hydroxylation sites is 1. The topological polar surface area (TPSA) is 36.7 Å². The van der Waals surface area contributed by atoms with Crippen molar-refractivity contribution in [1.82, 2.24) is 4.98 Å². The van der Waals surface area contributed by atoms with Crippen molar-refractivity contribution >= 4 is 21.7 Å². The zero-order valence-corrected chi connectivity index (χ0v) is 10.8. The van der Waals surface area contributed by atoms with Gasteiger partial charge in [0.2, 0.25) is 0 Å². The maximum atomic E-state index is 8.89. The molecule has 3 rings (SSSR count). The predicted molar refractivity (Wildman–Crippen MR) is 77.7 cm³/mol.